The van der Waals surface area contributed by atoms with Gasteiger partial charge in [0.25, 0.3) is 0 Å². The quantitative estimate of drug-likeness (QED) is 0.772. The molecule has 0 bridgehead atoms. The third-order valence-electron chi connectivity index (χ3n) is 3.12. The summed E-state index contributed by atoms with van der Waals surface area (Å²) in [4.78, 5) is 24.8. The lowest BCUT2D eigenvalue weighted by Gasteiger charge is -2.25. The number of amides is 2. The fourth-order valence-corrected chi connectivity index (χ4v) is 2.12. The molecule has 1 saturated heterocycles. The summed E-state index contributed by atoms with van der Waals surface area (Å²) in [6.07, 6.45) is 1.40. The molecule has 0 aromatic heterocycles. The van der Waals surface area contributed by atoms with Gasteiger partial charge in [0.15, 0.2) is 0 Å². The number of likely N-dealkylation sites (tertiary alicyclic amines) is 1. The first-order valence-electron chi connectivity index (χ1n) is 6.06. The molecule has 1 fully saturated rings. The predicted molar refractivity (Wildman–Crippen MR) is 67.1 cm³/mol. The van der Waals surface area contributed by atoms with Crippen molar-refractivity contribution in [1.29, 1.82) is 5.26 Å². The first kappa shape index (κ1) is 13.1. The maximum atomic E-state index is 11.8. The van der Waals surface area contributed by atoms with E-state index in [0.717, 1.165) is 0 Å². The van der Waals surface area contributed by atoms with E-state index in [1.807, 2.05) is 6.07 Å². The SMILES string of the molecule is COc1ccc(C#N)cc1CN1C(=O)CCCC1=O. The molecule has 1 aliphatic heterocycles. The van der Waals surface area contributed by atoms with Gasteiger partial charge in [-0.1, -0.05) is 0 Å². The van der Waals surface area contributed by atoms with E-state index >= 15 is 0 Å². The zero-order valence-corrected chi connectivity index (χ0v) is 10.7. The number of methoxy groups -OCH3 is 1. The number of rotatable bonds is 3. The van der Waals surface area contributed by atoms with Crippen LogP contribution >= 0.6 is 0 Å². The van der Waals surface area contributed by atoms with Crippen molar-refractivity contribution in [3.05, 3.63) is 29.3 Å². The van der Waals surface area contributed by atoms with E-state index in [-0.39, 0.29) is 18.4 Å². The van der Waals surface area contributed by atoms with Crippen molar-refractivity contribution >= 4 is 11.8 Å². The van der Waals surface area contributed by atoms with E-state index in [0.29, 0.717) is 36.1 Å². The summed E-state index contributed by atoms with van der Waals surface area (Å²) in [7, 11) is 1.52. The molecule has 0 spiro atoms. The summed E-state index contributed by atoms with van der Waals surface area (Å²) in [6.45, 7) is 0.163. The topological polar surface area (TPSA) is 70.4 Å². The van der Waals surface area contributed by atoms with Gasteiger partial charge in [-0.2, -0.15) is 5.26 Å². The van der Waals surface area contributed by atoms with E-state index in [2.05, 4.69) is 0 Å². The summed E-state index contributed by atoms with van der Waals surface area (Å²) in [5, 5.41) is 8.90. The highest BCUT2D eigenvalue weighted by atomic mass is 16.5. The van der Waals surface area contributed by atoms with E-state index in [1.165, 1.54) is 12.0 Å². The Bertz CT molecular complexity index is 544. The molecule has 1 aromatic carbocycles. The minimum Gasteiger partial charge on any atom is -0.496 e. The second-order valence-electron chi connectivity index (χ2n) is 4.37. The molecule has 5 nitrogen and oxygen atoms in total. The van der Waals surface area contributed by atoms with Crippen LogP contribution in [0, 0.1) is 11.3 Å². The van der Waals surface area contributed by atoms with Gasteiger partial charge in [-0.25, -0.2) is 0 Å². The van der Waals surface area contributed by atoms with Crippen molar-refractivity contribution in [3.8, 4) is 11.8 Å². The van der Waals surface area contributed by atoms with Gasteiger partial charge >= 0.3 is 0 Å². The van der Waals surface area contributed by atoms with Gasteiger partial charge in [0.1, 0.15) is 5.75 Å². The van der Waals surface area contributed by atoms with Crippen molar-refractivity contribution in [3.63, 3.8) is 0 Å². The Kier molecular flexibility index (Phi) is 3.81. The number of imide groups is 1. The number of ether oxygens (including phenoxy) is 1. The van der Waals surface area contributed by atoms with Gasteiger partial charge in [-0.3, -0.25) is 14.5 Å². The van der Waals surface area contributed by atoms with Crippen LogP contribution in [0.1, 0.15) is 30.4 Å². The number of benzene rings is 1. The molecule has 2 amide bonds. The molecule has 0 radical (unpaired) electrons. The van der Waals surface area contributed by atoms with Crippen molar-refractivity contribution < 1.29 is 14.3 Å². The van der Waals surface area contributed by atoms with E-state index < -0.39 is 0 Å². The van der Waals surface area contributed by atoms with Crippen LogP contribution in [0.5, 0.6) is 5.75 Å². The van der Waals surface area contributed by atoms with Crippen LogP contribution in [0.4, 0.5) is 0 Å². The first-order valence-corrected chi connectivity index (χ1v) is 6.06. The first-order chi connectivity index (χ1) is 9.15. The number of piperidine rings is 1. The Morgan fingerprint density at radius 1 is 1.32 bits per heavy atom. The third-order valence-corrected chi connectivity index (χ3v) is 3.12. The van der Waals surface area contributed by atoms with Gasteiger partial charge < -0.3 is 4.74 Å². The van der Waals surface area contributed by atoms with Crippen LogP contribution in [0.2, 0.25) is 0 Å². The van der Waals surface area contributed by atoms with E-state index in [1.54, 1.807) is 18.2 Å². The number of hydrogen-bond donors (Lipinski definition) is 0. The van der Waals surface area contributed by atoms with Crippen LogP contribution in [-0.4, -0.2) is 23.8 Å². The van der Waals surface area contributed by atoms with Gasteiger partial charge in [0.05, 0.1) is 25.3 Å². The fraction of sp³-hybridized carbons (Fsp3) is 0.357. The molecular formula is C14H14N2O3. The Morgan fingerprint density at radius 3 is 2.58 bits per heavy atom. The molecule has 19 heavy (non-hydrogen) atoms. The van der Waals surface area contributed by atoms with Crippen LogP contribution in [0.3, 0.4) is 0 Å². The van der Waals surface area contributed by atoms with Crippen LogP contribution < -0.4 is 4.74 Å². The average molecular weight is 258 g/mol. The highest BCUT2D eigenvalue weighted by molar-refractivity contribution is 5.97. The third kappa shape index (κ3) is 2.74. The molecule has 1 heterocycles. The number of carbonyl (C=O) groups is 2. The van der Waals surface area contributed by atoms with Crippen LogP contribution in [0.15, 0.2) is 18.2 Å². The molecule has 98 valence electrons. The summed E-state index contributed by atoms with van der Waals surface area (Å²) < 4.78 is 5.20. The van der Waals surface area contributed by atoms with Gasteiger partial charge in [-0.05, 0) is 24.6 Å². The minimum atomic E-state index is -0.166. The Labute approximate surface area is 111 Å². The van der Waals surface area contributed by atoms with Crippen molar-refractivity contribution in [2.24, 2.45) is 0 Å². The van der Waals surface area contributed by atoms with Crippen molar-refractivity contribution in [2.75, 3.05) is 7.11 Å². The van der Waals surface area contributed by atoms with E-state index in [9.17, 15) is 9.59 Å². The Morgan fingerprint density at radius 2 is 2.00 bits per heavy atom. The summed E-state index contributed by atoms with van der Waals surface area (Å²) in [5.41, 5.74) is 1.15. The van der Waals surface area contributed by atoms with Crippen LogP contribution in [-0.2, 0) is 16.1 Å². The zero-order valence-electron chi connectivity index (χ0n) is 10.7. The molecule has 2 rings (SSSR count). The minimum absolute atomic E-state index is 0.163. The standard InChI is InChI=1S/C14H14N2O3/c1-19-12-6-5-10(8-15)7-11(12)9-16-13(17)3-2-4-14(16)18/h5-7H,2-4,9H2,1H3. The lowest BCUT2D eigenvalue weighted by Crippen LogP contribution is -2.39. The number of carbonyl (C=O) groups excluding carboxylic acids is 2. The fourth-order valence-electron chi connectivity index (χ4n) is 2.12. The highest BCUT2D eigenvalue weighted by Crippen LogP contribution is 2.23. The van der Waals surface area contributed by atoms with Crippen molar-refractivity contribution in [1.82, 2.24) is 4.90 Å². The lowest BCUT2D eigenvalue weighted by atomic mass is 10.1. The maximum absolute atomic E-state index is 11.8. The number of nitrogens with zero attached hydrogens (tertiary/aromatic N) is 2. The Hall–Kier alpha value is -2.35. The molecule has 1 aliphatic rings. The predicted octanol–water partition coefficient (Wildman–Crippen LogP) is 1.61. The average Bonchev–Trinajstić information content (AvgIpc) is 2.42. The smallest absolute Gasteiger partial charge is 0.229 e. The highest BCUT2D eigenvalue weighted by Gasteiger charge is 2.26. The lowest BCUT2D eigenvalue weighted by molar-refractivity contribution is -0.148. The Balaban J connectivity index is 2.29. The van der Waals surface area contributed by atoms with Crippen molar-refractivity contribution in [2.45, 2.75) is 25.8 Å². The molecule has 0 N–H and O–H groups in total. The molecular weight excluding hydrogens is 244 g/mol. The van der Waals surface area contributed by atoms with Gasteiger partial charge in [0, 0.05) is 18.4 Å². The largest absolute Gasteiger partial charge is 0.496 e. The molecule has 5 heteroatoms. The molecule has 0 aliphatic carbocycles. The zero-order chi connectivity index (χ0) is 13.8. The molecule has 0 saturated carbocycles. The monoisotopic (exact) mass is 258 g/mol. The number of hydrogen-bond acceptors (Lipinski definition) is 4. The summed E-state index contributed by atoms with van der Waals surface area (Å²) >= 11 is 0. The second-order valence-corrected chi connectivity index (χ2v) is 4.37. The molecule has 0 unspecified atom stereocenters. The van der Waals surface area contributed by atoms with E-state index in [4.69, 9.17) is 10.00 Å². The normalized spacial score (nSPS) is 15.3. The van der Waals surface area contributed by atoms with Gasteiger partial charge in [-0.15, -0.1) is 0 Å². The molecule has 1 aromatic rings. The molecule has 0 atom stereocenters. The number of nitriles is 1. The van der Waals surface area contributed by atoms with Crippen LogP contribution in [0.25, 0.3) is 0 Å². The van der Waals surface area contributed by atoms with Gasteiger partial charge in [0.2, 0.25) is 11.8 Å². The second kappa shape index (κ2) is 5.53. The summed E-state index contributed by atoms with van der Waals surface area (Å²) in [5.74, 6) is 0.242. The summed E-state index contributed by atoms with van der Waals surface area (Å²) in [6, 6.07) is 7.00. The maximum Gasteiger partial charge on any atom is 0.229 e.